The van der Waals surface area contributed by atoms with Gasteiger partial charge in [-0.25, -0.2) is 0 Å². The highest BCUT2D eigenvalue weighted by Crippen LogP contribution is 2.38. The zero-order chi connectivity index (χ0) is 15.7. The van der Waals surface area contributed by atoms with Crippen molar-refractivity contribution in [3.8, 4) is 6.07 Å². The Morgan fingerprint density at radius 1 is 1.41 bits per heavy atom. The van der Waals surface area contributed by atoms with Gasteiger partial charge in [0.05, 0.1) is 31.2 Å². The van der Waals surface area contributed by atoms with Crippen molar-refractivity contribution in [1.82, 2.24) is 10.2 Å². The number of piperidine rings is 1. The molecule has 2 aliphatic heterocycles. The van der Waals surface area contributed by atoms with Crippen molar-refractivity contribution in [2.75, 3.05) is 13.2 Å². The first-order valence-corrected chi connectivity index (χ1v) is 7.89. The van der Waals surface area contributed by atoms with Gasteiger partial charge in [0.15, 0.2) is 0 Å². The van der Waals surface area contributed by atoms with Gasteiger partial charge in [0, 0.05) is 12.6 Å². The molecule has 2 N–H and O–H groups in total. The number of hydrogen-bond donors (Lipinski definition) is 2. The molecule has 2 heterocycles. The van der Waals surface area contributed by atoms with Gasteiger partial charge in [0.1, 0.15) is 6.04 Å². The molecular formula is C15H21N3O4. The number of rotatable bonds is 5. The number of amides is 1. The van der Waals surface area contributed by atoms with Gasteiger partial charge in [-0.1, -0.05) is 0 Å². The van der Waals surface area contributed by atoms with E-state index in [0.717, 1.165) is 25.7 Å². The fourth-order valence-corrected chi connectivity index (χ4v) is 3.95. The lowest BCUT2D eigenvalue weighted by atomic mass is 9.97. The van der Waals surface area contributed by atoms with Crippen LogP contribution in [0.2, 0.25) is 0 Å². The first-order chi connectivity index (χ1) is 10.6. The third kappa shape index (κ3) is 2.81. The molecule has 2 bridgehead atoms. The summed E-state index contributed by atoms with van der Waals surface area (Å²) >= 11 is 0. The van der Waals surface area contributed by atoms with Crippen LogP contribution in [0.1, 0.15) is 32.1 Å². The minimum absolute atomic E-state index is 0.00116. The number of carbonyl (C=O) groups is 2. The predicted octanol–water partition coefficient (Wildman–Crippen LogP) is 0.111. The van der Waals surface area contributed by atoms with Crippen LogP contribution in [0.4, 0.5) is 0 Å². The number of nitrogens with zero attached hydrogens (tertiary/aromatic N) is 2. The normalized spacial score (nSPS) is 36.5. The summed E-state index contributed by atoms with van der Waals surface area (Å²) in [6, 6.07) is 1.84. The molecule has 5 atom stereocenters. The first-order valence-electron chi connectivity index (χ1n) is 7.89. The van der Waals surface area contributed by atoms with E-state index in [4.69, 9.17) is 15.1 Å². The smallest absolute Gasteiger partial charge is 0.305 e. The summed E-state index contributed by atoms with van der Waals surface area (Å²) in [4.78, 5) is 24.8. The maximum atomic E-state index is 12.6. The second-order valence-electron chi connectivity index (χ2n) is 6.35. The summed E-state index contributed by atoms with van der Waals surface area (Å²) in [5.41, 5.74) is 0. The van der Waals surface area contributed by atoms with Gasteiger partial charge in [-0.15, -0.1) is 0 Å². The van der Waals surface area contributed by atoms with Gasteiger partial charge in [-0.3, -0.25) is 9.59 Å². The molecule has 7 heteroatoms. The number of carboxylic acids is 1. The third-order valence-corrected chi connectivity index (χ3v) is 5.00. The Balaban J connectivity index is 1.52. The van der Waals surface area contributed by atoms with E-state index < -0.39 is 5.97 Å². The van der Waals surface area contributed by atoms with E-state index in [1.165, 1.54) is 0 Å². The number of aliphatic carboxylic acids is 1. The average Bonchev–Trinajstić information content (AvgIpc) is 3.20. The Hall–Kier alpha value is -1.65. The highest BCUT2D eigenvalue weighted by molar-refractivity contribution is 5.83. The summed E-state index contributed by atoms with van der Waals surface area (Å²) in [6.07, 6.45) is 3.35. The van der Waals surface area contributed by atoms with Gasteiger partial charge in [0.25, 0.3) is 0 Å². The van der Waals surface area contributed by atoms with Crippen molar-refractivity contribution in [1.29, 1.82) is 5.26 Å². The van der Waals surface area contributed by atoms with Gasteiger partial charge in [-0.2, -0.15) is 5.26 Å². The lowest BCUT2D eigenvalue weighted by molar-refractivity contribution is -0.138. The second-order valence-corrected chi connectivity index (χ2v) is 6.35. The maximum absolute atomic E-state index is 12.6. The predicted molar refractivity (Wildman–Crippen MR) is 75.8 cm³/mol. The van der Waals surface area contributed by atoms with Crippen LogP contribution < -0.4 is 5.32 Å². The van der Waals surface area contributed by atoms with Gasteiger partial charge in [0.2, 0.25) is 5.91 Å². The Bertz CT molecular complexity index is 504. The molecule has 22 heavy (non-hydrogen) atoms. The Labute approximate surface area is 129 Å². The first kappa shape index (κ1) is 15.3. The topological polar surface area (TPSA) is 103 Å². The highest BCUT2D eigenvalue weighted by atomic mass is 16.5. The Morgan fingerprint density at radius 2 is 2.23 bits per heavy atom. The molecule has 0 spiro atoms. The molecule has 0 aromatic rings. The summed E-state index contributed by atoms with van der Waals surface area (Å²) in [5.74, 6) is -0.589. The molecule has 2 saturated heterocycles. The van der Waals surface area contributed by atoms with Crippen LogP contribution in [-0.2, 0) is 14.3 Å². The molecule has 1 amide bonds. The summed E-state index contributed by atoms with van der Waals surface area (Å²) < 4.78 is 5.62. The molecular weight excluding hydrogens is 286 g/mol. The fourth-order valence-electron chi connectivity index (χ4n) is 3.95. The van der Waals surface area contributed by atoms with E-state index in [9.17, 15) is 9.59 Å². The van der Waals surface area contributed by atoms with Crippen LogP contribution in [0.15, 0.2) is 0 Å². The molecule has 120 valence electrons. The monoisotopic (exact) mass is 307 g/mol. The number of hydrogen-bond acceptors (Lipinski definition) is 5. The van der Waals surface area contributed by atoms with Crippen LogP contribution in [0, 0.1) is 17.2 Å². The minimum atomic E-state index is -0.860. The third-order valence-electron chi connectivity index (χ3n) is 5.00. The quantitative estimate of drug-likeness (QED) is 0.747. The van der Waals surface area contributed by atoms with Crippen molar-refractivity contribution in [2.45, 2.75) is 56.3 Å². The summed E-state index contributed by atoms with van der Waals surface area (Å²) in [6.45, 7) is 0.886. The fraction of sp³-hybridized carbons (Fsp3) is 0.800. The lowest BCUT2D eigenvalue weighted by Crippen LogP contribution is -2.53. The van der Waals surface area contributed by atoms with E-state index in [1.807, 2.05) is 0 Å². The van der Waals surface area contributed by atoms with Crippen LogP contribution >= 0.6 is 0 Å². The molecule has 0 aromatic carbocycles. The molecule has 3 rings (SSSR count). The molecule has 7 nitrogen and oxygen atoms in total. The molecule has 3 fully saturated rings. The molecule has 1 aliphatic carbocycles. The Morgan fingerprint density at radius 3 is 2.86 bits per heavy atom. The Kier molecular flexibility index (Phi) is 4.32. The van der Waals surface area contributed by atoms with Gasteiger partial charge < -0.3 is 20.1 Å². The zero-order valence-electron chi connectivity index (χ0n) is 12.4. The van der Waals surface area contributed by atoms with E-state index in [1.54, 1.807) is 4.90 Å². The molecule has 3 aliphatic rings. The zero-order valence-corrected chi connectivity index (χ0v) is 12.4. The number of carbonyl (C=O) groups excluding carboxylic acids is 1. The van der Waals surface area contributed by atoms with E-state index >= 15 is 0 Å². The standard InChI is InChI=1S/C15H21N3O4/c16-8-10-2-1-4-18(10)15(21)14-9-6-11(17-14)12(7-9)22-5-3-13(19)20/h9-12,14,17H,1-7H2,(H,19,20)/t9-,10-,11+,12+,14+/m0/s1. The van der Waals surface area contributed by atoms with Crippen molar-refractivity contribution in [3.05, 3.63) is 0 Å². The number of nitrogens with one attached hydrogen (secondary N) is 1. The lowest BCUT2D eigenvalue weighted by Gasteiger charge is -2.32. The van der Waals surface area contributed by atoms with Crippen LogP contribution in [0.5, 0.6) is 0 Å². The van der Waals surface area contributed by atoms with Gasteiger partial charge >= 0.3 is 5.97 Å². The molecule has 0 unspecified atom stereocenters. The van der Waals surface area contributed by atoms with E-state index in [0.29, 0.717) is 6.54 Å². The molecule has 0 radical (unpaired) electrons. The van der Waals surface area contributed by atoms with Crippen molar-refractivity contribution in [2.24, 2.45) is 5.92 Å². The van der Waals surface area contributed by atoms with Crippen LogP contribution in [0.3, 0.4) is 0 Å². The minimum Gasteiger partial charge on any atom is -0.481 e. The van der Waals surface area contributed by atoms with Crippen molar-refractivity contribution in [3.63, 3.8) is 0 Å². The van der Waals surface area contributed by atoms with Crippen molar-refractivity contribution >= 4 is 11.9 Å². The number of carboxylic acid groups (broad SMARTS) is 1. The number of fused-ring (bicyclic) bond motifs is 2. The maximum Gasteiger partial charge on any atom is 0.305 e. The average molecular weight is 307 g/mol. The SMILES string of the molecule is N#C[C@@H]1CCCN1C(=O)[C@@H]1N[C@@H]2C[C@H]1C[C@H]2OCCC(=O)O. The largest absolute Gasteiger partial charge is 0.481 e. The number of ether oxygens (including phenoxy) is 1. The van der Waals surface area contributed by atoms with Gasteiger partial charge in [-0.05, 0) is 31.6 Å². The van der Waals surface area contributed by atoms with E-state index in [-0.39, 0.29) is 49.1 Å². The second kappa shape index (κ2) is 6.23. The highest BCUT2D eigenvalue weighted by Gasteiger charge is 2.50. The van der Waals surface area contributed by atoms with Crippen molar-refractivity contribution < 1.29 is 19.4 Å². The van der Waals surface area contributed by atoms with Crippen LogP contribution in [-0.4, -0.2) is 59.3 Å². The summed E-state index contributed by atoms with van der Waals surface area (Å²) in [7, 11) is 0. The molecule has 0 aromatic heterocycles. The molecule has 1 saturated carbocycles. The number of likely N-dealkylation sites (tertiary alicyclic amines) is 1. The summed E-state index contributed by atoms with van der Waals surface area (Å²) in [5, 5.41) is 21.1. The number of nitriles is 1. The van der Waals surface area contributed by atoms with E-state index in [2.05, 4.69) is 11.4 Å². The van der Waals surface area contributed by atoms with Crippen LogP contribution in [0.25, 0.3) is 0 Å².